The molecular formula is C20H25F6N5O4S. The maximum Gasteiger partial charge on any atom is 0.490 e. The van der Waals surface area contributed by atoms with E-state index in [0.717, 1.165) is 39.1 Å². The lowest BCUT2D eigenvalue weighted by molar-refractivity contribution is -0.193. The van der Waals surface area contributed by atoms with Crippen molar-refractivity contribution in [1.29, 1.82) is 0 Å². The van der Waals surface area contributed by atoms with E-state index in [0.29, 0.717) is 0 Å². The lowest BCUT2D eigenvalue weighted by Crippen LogP contribution is -2.27. The average molecular weight is 546 g/mol. The van der Waals surface area contributed by atoms with E-state index in [2.05, 4.69) is 35.9 Å². The van der Waals surface area contributed by atoms with Gasteiger partial charge in [0, 0.05) is 50.4 Å². The minimum atomic E-state index is -5.08. The first kappa shape index (κ1) is 29.5. The fourth-order valence-electron chi connectivity index (χ4n) is 3.51. The van der Waals surface area contributed by atoms with Crippen LogP contribution in [0.1, 0.15) is 29.4 Å². The van der Waals surface area contributed by atoms with Gasteiger partial charge in [-0.3, -0.25) is 9.80 Å². The Labute approximate surface area is 206 Å². The SMILES string of the molecule is O=C(O)C(F)(F)F.O=C(O)C(F)(F)F.c1csc(CN2CCc3ncc(CN4CCCC4)n3CC2)n1. The number of carboxylic acids is 2. The van der Waals surface area contributed by atoms with E-state index in [9.17, 15) is 26.3 Å². The van der Waals surface area contributed by atoms with Crippen molar-refractivity contribution in [2.75, 3.05) is 26.2 Å². The van der Waals surface area contributed by atoms with Crippen LogP contribution in [-0.4, -0.2) is 85.0 Å². The van der Waals surface area contributed by atoms with Gasteiger partial charge in [0.15, 0.2) is 0 Å². The standard InChI is InChI=1S/C16H23N5S.2C2HF3O2/c1-2-6-19(5-1)12-14-11-18-15-3-7-20(8-9-21(14)15)13-16-17-4-10-22-16;2*3-2(4,5)1(6)7/h4,10-11H,1-3,5-9,12-13H2;2*(H,6,7). The molecule has 0 aromatic carbocycles. The quantitative estimate of drug-likeness (QED) is 0.564. The topological polar surface area (TPSA) is 112 Å². The largest absolute Gasteiger partial charge is 0.490 e. The molecule has 0 aliphatic carbocycles. The number of imidazole rings is 1. The van der Waals surface area contributed by atoms with Gasteiger partial charge in [0.2, 0.25) is 0 Å². The number of rotatable bonds is 4. The summed E-state index contributed by atoms with van der Waals surface area (Å²) < 4.78 is 65.9. The van der Waals surface area contributed by atoms with Crippen molar-refractivity contribution in [2.45, 2.75) is 51.2 Å². The molecule has 1 saturated heterocycles. The van der Waals surface area contributed by atoms with Crippen LogP contribution < -0.4 is 0 Å². The zero-order valence-electron chi connectivity index (χ0n) is 18.9. The molecule has 0 unspecified atom stereocenters. The van der Waals surface area contributed by atoms with Gasteiger partial charge < -0.3 is 14.8 Å². The number of likely N-dealkylation sites (tertiary alicyclic amines) is 1. The van der Waals surface area contributed by atoms with Crippen molar-refractivity contribution in [3.63, 3.8) is 0 Å². The minimum absolute atomic E-state index is 0.976. The zero-order valence-corrected chi connectivity index (χ0v) is 19.7. The molecule has 0 spiro atoms. The molecule has 0 radical (unpaired) electrons. The Kier molecular flexibility index (Phi) is 10.7. The molecule has 202 valence electrons. The van der Waals surface area contributed by atoms with Crippen LogP contribution in [0, 0.1) is 0 Å². The summed E-state index contributed by atoms with van der Waals surface area (Å²) in [4.78, 5) is 32.0. The highest BCUT2D eigenvalue weighted by atomic mass is 32.1. The van der Waals surface area contributed by atoms with Gasteiger partial charge in [0.25, 0.3) is 0 Å². The molecule has 0 atom stereocenters. The van der Waals surface area contributed by atoms with Crippen molar-refractivity contribution >= 4 is 23.3 Å². The molecule has 36 heavy (non-hydrogen) atoms. The van der Waals surface area contributed by atoms with Gasteiger partial charge in [0.1, 0.15) is 10.8 Å². The number of fused-ring (bicyclic) bond motifs is 1. The number of aliphatic carboxylic acids is 2. The van der Waals surface area contributed by atoms with E-state index < -0.39 is 24.3 Å². The molecule has 2 N–H and O–H groups in total. The van der Waals surface area contributed by atoms with Crippen LogP contribution in [-0.2, 0) is 35.6 Å². The average Bonchev–Trinajstić information content (AvgIpc) is 3.51. The number of nitrogens with zero attached hydrogens (tertiary/aromatic N) is 5. The molecule has 1 fully saturated rings. The first-order chi connectivity index (χ1) is 16.8. The van der Waals surface area contributed by atoms with Crippen LogP contribution in [0.3, 0.4) is 0 Å². The van der Waals surface area contributed by atoms with Crippen LogP contribution in [0.15, 0.2) is 17.8 Å². The maximum absolute atomic E-state index is 10.6. The summed E-state index contributed by atoms with van der Waals surface area (Å²) in [7, 11) is 0. The fraction of sp³-hybridized carbons (Fsp3) is 0.600. The molecule has 2 aromatic heterocycles. The lowest BCUT2D eigenvalue weighted by Gasteiger charge is -2.19. The number of alkyl halides is 6. The Balaban J connectivity index is 0.000000271. The van der Waals surface area contributed by atoms with Crippen molar-refractivity contribution in [2.24, 2.45) is 0 Å². The van der Waals surface area contributed by atoms with E-state index in [4.69, 9.17) is 19.8 Å². The molecule has 4 heterocycles. The lowest BCUT2D eigenvalue weighted by atomic mass is 10.3. The van der Waals surface area contributed by atoms with Gasteiger partial charge in [-0.2, -0.15) is 26.3 Å². The number of hydrogen-bond acceptors (Lipinski definition) is 7. The summed E-state index contributed by atoms with van der Waals surface area (Å²) in [5, 5.41) is 17.5. The van der Waals surface area contributed by atoms with Crippen molar-refractivity contribution in [3.8, 4) is 0 Å². The maximum atomic E-state index is 10.6. The molecule has 9 nitrogen and oxygen atoms in total. The second kappa shape index (κ2) is 13.0. The molecular weight excluding hydrogens is 520 g/mol. The van der Waals surface area contributed by atoms with E-state index in [-0.39, 0.29) is 0 Å². The summed E-state index contributed by atoms with van der Waals surface area (Å²) in [6.45, 7) is 7.77. The predicted molar refractivity (Wildman–Crippen MR) is 115 cm³/mol. The van der Waals surface area contributed by atoms with Crippen LogP contribution in [0.2, 0.25) is 0 Å². The number of carbonyl (C=O) groups is 2. The Bertz CT molecular complexity index is 950. The first-order valence-electron chi connectivity index (χ1n) is 10.7. The van der Waals surface area contributed by atoms with Gasteiger partial charge in [-0.25, -0.2) is 19.6 Å². The van der Waals surface area contributed by atoms with Gasteiger partial charge in [-0.05, 0) is 25.9 Å². The van der Waals surface area contributed by atoms with Crippen molar-refractivity contribution in [3.05, 3.63) is 34.3 Å². The number of thiazole rings is 1. The van der Waals surface area contributed by atoms with Crippen molar-refractivity contribution in [1.82, 2.24) is 24.3 Å². The van der Waals surface area contributed by atoms with Crippen LogP contribution in [0.5, 0.6) is 0 Å². The van der Waals surface area contributed by atoms with E-state index >= 15 is 0 Å². The molecule has 2 aromatic rings. The van der Waals surface area contributed by atoms with E-state index in [1.807, 2.05) is 6.20 Å². The smallest absolute Gasteiger partial charge is 0.475 e. The summed E-state index contributed by atoms with van der Waals surface area (Å²) in [5.41, 5.74) is 1.40. The second-order valence-electron chi connectivity index (χ2n) is 7.86. The summed E-state index contributed by atoms with van der Waals surface area (Å²) in [5.74, 6) is -4.25. The van der Waals surface area contributed by atoms with E-state index in [1.165, 1.54) is 42.5 Å². The molecule has 0 amide bonds. The first-order valence-corrected chi connectivity index (χ1v) is 11.6. The summed E-state index contributed by atoms with van der Waals surface area (Å²) in [6, 6.07) is 0. The Morgan fingerprint density at radius 3 is 1.92 bits per heavy atom. The molecule has 2 aliphatic rings. The Morgan fingerprint density at radius 2 is 1.42 bits per heavy atom. The molecule has 16 heteroatoms. The Morgan fingerprint density at radius 1 is 0.861 bits per heavy atom. The molecule has 2 aliphatic heterocycles. The second-order valence-corrected chi connectivity index (χ2v) is 8.84. The van der Waals surface area contributed by atoms with Crippen molar-refractivity contribution < 1.29 is 46.1 Å². The molecule has 0 bridgehead atoms. The molecule has 4 rings (SSSR count). The fourth-order valence-corrected chi connectivity index (χ4v) is 4.17. The predicted octanol–water partition coefficient (Wildman–Crippen LogP) is 3.26. The van der Waals surface area contributed by atoms with Gasteiger partial charge >= 0.3 is 24.3 Å². The summed E-state index contributed by atoms with van der Waals surface area (Å²) in [6.07, 6.45) is -2.42. The summed E-state index contributed by atoms with van der Waals surface area (Å²) >= 11 is 1.75. The minimum Gasteiger partial charge on any atom is -0.475 e. The van der Waals surface area contributed by atoms with Crippen LogP contribution in [0.25, 0.3) is 0 Å². The number of halogens is 6. The third-order valence-electron chi connectivity index (χ3n) is 5.22. The monoisotopic (exact) mass is 545 g/mol. The van der Waals surface area contributed by atoms with Gasteiger partial charge in [-0.15, -0.1) is 11.3 Å². The highest BCUT2D eigenvalue weighted by Crippen LogP contribution is 2.18. The molecule has 0 saturated carbocycles. The van der Waals surface area contributed by atoms with Gasteiger partial charge in [0.05, 0.1) is 12.2 Å². The van der Waals surface area contributed by atoms with Crippen LogP contribution >= 0.6 is 11.3 Å². The number of aromatic nitrogens is 3. The Hall–Kier alpha value is -2.72. The highest BCUT2D eigenvalue weighted by molar-refractivity contribution is 7.09. The number of carboxylic acid groups (broad SMARTS) is 2. The van der Waals surface area contributed by atoms with Gasteiger partial charge in [-0.1, -0.05) is 0 Å². The third kappa shape index (κ3) is 9.73. The van der Waals surface area contributed by atoms with Crippen LogP contribution in [0.4, 0.5) is 26.3 Å². The highest BCUT2D eigenvalue weighted by Gasteiger charge is 2.38. The normalized spacial score (nSPS) is 16.7. The zero-order chi connectivity index (χ0) is 26.9. The van der Waals surface area contributed by atoms with E-state index in [1.54, 1.807) is 11.3 Å². The number of hydrogen-bond donors (Lipinski definition) is 2. The third-order valence-corrected chi connectivity index (χ3v) is 5.99.